The van der Waals surface area contributed by atoms with Crippen LogP contribution in [0.15, 0.2) is 12.4 Å². The van der Waals surface area contributed by atoms with E-state index in [4.69, 9.17) is 9.29 Å². The maximum Gasteiger partial charge on any atom is 0.418 e. The maximum atomic E-state index is 12.6. The summed E-state index contributed by atoms with van der Waals surface area (Å²) in [5, 5.41) is 6.09. The van der Waals surface area contributed by atoms with Crippen LogP contribution in [0.25, 0.3) is 0 Å². The van der Waals surface area contributed by atoms with Gasteiger partial charge in [0.05, 0.1) is 19.1 Å². The topological polar surface area (TPSA) is 189 Å². The summed E-state index contributed by atoms with van der Waals surface area (Å²) < 4.78 is 41.9. The summed E-state index contributed by atoms with van der Waals surface area (Å²) in [7, 11) is -4.89. The Bertz CT molecular complexity index is 1100. The monoisotopic (exact) mass is 514 g/mol. The van der Waals surface area contributed by atoms with Gasteiger partial charge in [-0.25, -0.2) is 9.78 Å². The summed E-state index contributed by atoms with van der Waals surface area (Å²) in [4.78, 5) is 54.8. The van der Waals surface area contributed by atoms with Crippen molar-refractivity contribution in [2.24, 2.45) is 0 Å². The third-order valence-corrected chi connectivity index (χ3v) is 6.45. The fraction of sp³-hybridized carbons (Fsp3) is 0.632. The molecule has 4 heterocycles. The van der Waals surface area contributed by atoms with Crippen LogP contribution in [0.4, 0.5) is 4.79 Å². The summed E-state index contributed by atoms with van der Waals surface area (Å²) in [5.74, 6) is -0.903. The maximum absolute atomic E-state index is 12.6. The zero-order valence-corrected chi connectivity index (χ0v) is 19.5. The number of esters is 1. The summed E-state index contributed by atoms with van der Waals surface area (Å²) in [6.45, 7) is 0.300. The molecule has 35 heavy (non-hydrogen) atoms. The number of ether oxygens (including phenoxy) is 1. The van der Waals surface area contributed by atoms with E-state index in [1.165, 1.54) is 10.8 Å². The number of nitrogens with zero attached hydrogens (tertiary/aromatic N) is 4. The zero-order valence-electron chi connectivity index (χ0n) is 18.7. The number of rotatable bonds is 10. The number of hydrogen-bond donors (Lipinski definition) is 3. The molecule has 16 heteroatoms. The first-order valence-electron chi connectivity index (χ1n) is 11.1. The van der Waals surface area contributed by atoms with Gasteiger partial charge in [0, 0.05) is 18.9 Å². The molecule has 0 aromatic carbocycles. The van der Waals surface area contributed by atoms with Gasteiger partial charge >= 0.3 is 22.4 Å². The number of aromatic nitrogens is 2. The number of urea groups is 1. The van der Waals surface area contributed by atoms with E-state index in [0.717, 1.165) is 17.9 Å². The van der Waals surface area contributed by atoms with Crippen molar-refractivity contribution in [2.75, 3.05) is 19.6 Å². The summed E-state index contributed by atoms with van der Waals surface area (Å²) in [6, 6.07) is -2.72. The zero-order chi connectivity index (χ0) is 25.2. The molecule has 3 saturated heterocycles. The Morgan fingerprint density at radius 1 is 1.26 bits per heavy atom. The molecule has 4 rings (SSSR count). The Labute approximate surface area is 200 Å². The van der Waals surface area contributed by atoms with Gasteiger partial charge in [0.1, 0.15) is 24.5 Å². The van der Waals surface area contributed by atoms with Crippen LogP contribution in [0.5, 0.6) is 0 Å². The molecule has 0 unspecified atom stereocenters. The van der Waals surface area contributed by atoms with Crippen molar-refractivity contribution in [2.45, 2.75) is 57.0 Å². The van der Waals surface area contributed by atoms with E-state index in [-0.39, 0.29) is 56.9 Å². The Morgan fingerprint density at radius 2 is 2.06 bits per heavy atom. The molecule has 3 aliphatic heterocycles. The second-order valence-electron chi connectivity index (χ2n) is 8.49. The van der Waals surface area contributed by atoms with Crippen molar-refractivity contribution < 1.29 is 41.2 Å². The van der Waals surface area contributed by atoms with Crippen LogP contribution in [0, 0.1) is 0 Å². The minimum atomic E-state index is -4.89. The number of imidazole rings is 1. The molecule has 1 aromatic heterocycles. The quantitative estimate of drug-likeness (QED) is 0.240. The predicted octanol–water partition coefficient (Wildman–Crippen LogP) is -1.63. The van der Waals surface area contributed by atoms with Crippen molar-refractivity contribution in [3.63, 3.8) is 0 Å². The van der Waals surface area contributed by atoms with Gasteiger partial charge < -0.3 is 24.8 Å². The van der Waals surface area contributed by atoms with Gasteiger partial charge in [-0.05, 0) is 32.2 Å². The van der Waals surface area contributed by atoms with Gasteiger partial charge in [0.15, 0.2) is 5.78 Å². The van der Waals surface area contributed by atoms with E-state index in [2.05, 4.69) is 19.9 Å². The molecule has 3 fully saturated rings. The number of Topliss-reactive ketones (excluding diaryl/α,β-unsaturated/α-hetero) is 1. The smallest absolute Gasteiger partial charge is 0.418 e. The van der Waals surface area contributed by atoms with Crippen LogP contribution in [0.2, 0.25) is 0 Å². The standard InChI is InChI=1S/C19H26N6O9S/c26-13(10-23-7-6-21-16(23)11-33-18(28)14-2-1-5-20-14)8-22-17(27)15-4-3-12-9-24(15)19(29)25(12)34-35(30,31)32/h6-7,12,14-15,20H,1-5,8-11H2,(H,22,27)(H,30,31,32)/t12-,14+,15+/m1/s1. The molecule has 192 valence electrons. The number of carbonyl (C=O) groups excluding carboxylic acids is 4. The number of hydrogen-bond acceptors (Lipinski definition) is 10. The first-order valence-corrected chi connectivity index (χ1v) is 12.4. The lowest BCUT2D eigenvalue weighted by atomic mass is 10.0. The molecular formula is C19H26N6O9S. The van der Waals surface area contributed by atoms with Crippen molar-refractivity contribution in [3.8, 4) is 0 Å². The van der Waals surface area contributed by atoms with Gasteiger partial charge in [-0.2, -0.15) is 13.5 Å². The van der Waals surface area contributed by atoms with Crippen LogP contribution in [0.3, 0.4) is 0 Å². The summed E-state index contributed by atoms with van der Waals surface area (Å²) in [6.07, 6.45) is 5.15. The SMILES string of the molecule is O=C(CNC(=O)[C@@H]1CC[C@@H]2CN1C(=O)N2OS(=O)(=O)O)Cn1ccnc1COC(=O)[C@@H]1CCCN1. The fourth-order valence-corrected chi connectivity index (χ4v) is 4.79. The lowest BCUT2D eigenvalue weighted by Crippen LogP contribution is -2.50. The van der Waals surface area contributed by atoms with Crippen molar-refractivity contribution >= 4 is 34.1 Å². The molecule has 0 aliphatic carbocycles. The van der Waals surface area contributed by atoms with E-state index >= 15 is 0 Å². The molecule has 3 aliphatic rings. The third kappa shape index (κ3) is 5.95. The minimum absolute atomic E-state index is 0.0495. The van der Waals surface area contributed by atoms with E-state index in [0.29, 0.717) is 17.3 Å². The highest BCUT2D eigenvalue weighted by molar-refractivity contribution is 7.80. The number of hydroxylamine groups is 2. The first-order chi connectivity index (χ1) is 16.6. The number of nitrogens with one attached hydrogen (secondary N) is 2. The normalized spacial score (nSPS) is 24.0. The van der Waals surface area contributed by atoms with Crippen molar-refractivity contribution in [1.29, 1.82) is 0 Å². The van der Waals surface area contributed by atoms with Gasteiger partial charge in [-0.3, -0.25) is 18.9 Å². The highest BCUT2D eigenvalue weighted by atomic mass is 32.3. The lowest BCUT2D eigenvalue weighted by molar-refractivity contribution is -0.147. The number of ketones is 1. The highest BCUT2D eigenvalue weighted by Gasteiger charge is 2.49. The second-order valence-corrected chi connectivity index (χ2v) is 9.50. The van der Waals surface area contributed by atoms with Crippen LogP contribution >= 0.6 is 0 Å². The first kappa shape index (κ1) is 25.0. The fourth-order valence-electron chi connectivity index (χ4n) is 4.40. The lowest BCUT2D eigenvalue weighted by Gasteiger charge is -2.29. The molecule has 3 N–H and O–H groups in total. The van der Waals surface area contributed by atoms with E-state index < -0.39 is 34.4 Å². The highest BCUT2D eigenvalue weighted by Crippen LogP contribution is 2.30. The molecule has 0 saturated carbocycles. The Morgan fingerprint density at radius 3 is 2.77 bits per heavy atom. The molecular weight excluding hydrogens is 488 g/mol. The molecule has 0 radical (unpaired) electrons. The van der Waals surface area contributed by atoms with E-state index in [9.17, 15) is 27.6 Å². The summed E-state index contributed by atoms with van der Waals surface area (Å²) in [5.41, 5.74) is 0. The molecule has 15 nitrogen and oxygen atoms in total. The van der Waals surface area contributed by atoms with Crippen molar-refractivity contribution in [3.05, 3.63) is 18.2 Å². The average molecular weight is 515 g/mol. The summed E-state index contributed by atoms with van der Waals surface area (Å²) >= 11 is 0. The second kappa shape index (κ2) is 10.3. The molecule has 1 aromatic rings. The molecule has 2 bridgehead atoms. The van der Waals surface area contributed by atoms with E-state index in [1.54, 1.807) is 6.20 Å². The largest absolute Gasteiger partial charge is 0.456 e. The minimum Gasteiger partial charge on any atom is -0.456 e. The third-order valence-electron chi connectivity index (χ3n) is 6.10. The number of carbonyl (C=O) groups is 4. The number of fused-ring (bicyclic) bond motifs is 2. The molecule has 0 spiro atoms. The van der Waals surface area contributed by atoms with Crippen LogP contribution < -0.4 is 10.6 Å². The molecule has 3 atom stereocenters. The Hall–Kier alpha value is -3.08. The van der Waals surface area contributed by atoms with Gasteiger partial charge in [-0.15, -0.1) is 4.28 Å². The van der Waals surface area contributed by atoms with Gasteiger partial charge in [-0.1, -0.05) is 0 Å². The van der Waals surface area contributed by atoms with Gasteiger partial charge in [0.25, 0.3) is 0 Å². The predicted molar refractivity (Wildman–Crippen MR) is 114 cm³/mol. The Kier molecular flexibility index (Phi) is 7.34. The number of amides is 3. The number of piperidine rings is 1. The molecule has 3 amide bonds. The van der Waals surface area contributed by atoms with Crippen LogP contribution in [0.1, 0.15) is 31.5 Å². The average Bonchev–Trinajstić information content (AvgIpc) is 3.54. The van der Waals surface area contributed by atoms with Crippen LogP contribution in [-0.2, 0) is 47.0 Å². The van der Waals surface area contributed by atoms with E-state index in [1.807, 2.05) is 0 Å². The van der Waals surface area contributed by atoms with Gasteiger partial charge in [0.2, 0.25) is 5.91 Å². The van der Waals surface area contributed by atoms with Crippen molar-refractivity contribution in [1.82, 2.24) is 30.1 Å². The van der Waals surface area contributed by atoms with Crippen LogP contribution in [-0.4, -0.2) is 93.9 Å². The Balaban J connectivity index is 1.25.